The Morgan fingerprint density at radius 1 is 0.808 bits per heavy atom. The molecule has 0 saturated heterocycles. The number of rotatable bonds is 5. The molecule has 0 atom stereocenters. The molecule has 134 valence electrons. The van der Waals surface area contributed by atoms with Gasteiger partial charge in [0, 0.05) is 39.0 Å². The lowest BCUT2D eigenvalue weighted by Crippen LogP contribution is -2.26. The van der Waals surface area contributed by atoms with E-state index in [4.69, 9.17) is 0 Å². The maximum absolute atomic E-state index is 4.47. The number of fused-ring (bicyclic) bond motifs is 1. The van der Waals surface area contributed by atoms with Crippen LogP contribution in [0.5, 0.6) is 0 Å². The summed E-state index contributed by atoms with van der Waals surface area (Å²) in [5.41, 5.74) is 4.07. The number of benzene rings is 2. The zero-order valence-corrected chi connectivity index (χ0v) is 15.4. The van der Waals surface area contributed by atoms with E-state index in [1.807, 2.05) is 0 Å². The molecule has 0 aliphatic carbocycles. The molecular formula is C22H26N4. The van der Waals surface area contributed by atoms with Gasteiger partial charge in [0.2, 0.25) is 0 Å². The Bertz CT molecular complexity index is 836. The molecule has 3 aromatic rings. The average Bonchev–Trinajstić information content (AvgIpc) is 2.95. The lowest BCUT2D eigenvalue weighted by molar-refractivity contribution is 0.270. The normalized spacial score (nSPS) is 14.8. The molecule has 1 aromatic heterocycles. The Hall–Kier alpha value is -2.46. The predicted molar refractivity (Wildman–Crippen MR) is 104 cm³/mol. The number of aromatic nitrogens is 3. The van der Waals surface area contributed by atoms with Crippen LogP contribution in [0.15, 0.2) is 54.6 Å². The third-order valence-electron chi connectivity index (χ3n) is 5.20. The topological polar surface area (TPSA) is 34.0 Å². The first kappa shape index (κ1) is 17.0. The summed E-state index contributed by atoms with van der Waals surface area (Å²) >= 11 is 0. The van der Waals surface area contributed by atoms with Gasteiger partial charge in [-0.2, -0.15) is 0 Å². The van der Waals surface area contributed by atoms with Crippen LogP contribution in [-0.2, 0) is 32.4 Å². The summed E-state index contributed by atoms with van der Waals surface area (Å²) in [6.45, 7) is 6.23. The number of hydrogen-bond donors (Lipinski definition) is 0. The van der Waals surface area contributed by atoms with Crippen LogP contribution < -0.4 is 0 Å². The second kappa shape index (κ2) is 7.83. The molecule has 2 heterocycles. The minimum absolute atomic E-state index is 0.953. The van der Waals surface area contributed by atoms with Crippen LogP contribution in [-0.4, -0.2) is 32.8 Å². The lowest BCUT2D eigenvalue weighted by atomic mass is 10.1. The van der Waals surface area contributed by atoms with Crippen LogP contribution in [0, 0.1) is 6.92 Å². The summed E-state index contributed by atoms with van der Waals surface area (Å²) in [5, 5.41) is 8.94. The summed E-state index contributed by atoms with van der Waals surface area (Å²) in [7, 11) is 0. The molecule has 1 aliphatic heterocycles. The van der Waals surface area contributed by atoms with E-state index in [2.05, 4.69) is 81.2 Å². The summed E-state index contributed by atoms with van der Waals surface area (Å²) in [6.07, 6.45) is 2.95. The summed E-state index contributed by atoms with van der Waals surface area (Å²) in [4.78, 5) is 2.53. The van der Waals surface area contributed by atoms with E-state index in [1.54, 1.807) is 0 Å². The third-order valence-corrected chi connectivity index (χ3v) is 5.20. The van der Waals surface area contributed by atoms with E-state index in [0.29, 0.717) is 0 Å². The van der Waals surface area contributed by atoms with Gasteiger partial charge < -0.3 is 4.57 Å². The third kappa shape index (κ3) is 4.02. The Morgan fingerprint density at radius 2 is 1.62 bits per heavy atom. The number of aryl methyl sites for hydroxylation is 3. The van der Waals surface area contributed by atoms with Gasteiger partial charge in [-0.3, -0.25) is 4.90 Å². The van der Waals surface area contributed by atoms with Gasteiger partial charge in [0.05, 0.1) is 0 Å². The fourth-order valence-corrected chi connectivity index (χ4v) is 3.62. The van der Waals surface area contributed by atoms with Gasteiger partial charge in [-0.1, -0.05) is 60.2 Å². The molecule has 1 aliphatic rings. The molecule has 0 radical (unpaired) electrons. The number of nitrogens with zero attached hydrogens (tertiary/aromatic N) is 4. The van der Waals surface area contributed by atoms with Gasteiger partial charge in [0.25, 0.3) is 0 Å². The lowest BCUT2D eigenvalue weighted by Gasteiger charge is -2.19. The van der Waals surface area contributed by atoms with Crippen LogP contribution in [0.4, 0.5) is 0 Å². The van der Waals surface area contributed by atoms with Crippen LogP contribution in [0.1, 0.15) is 28.3 Å². The smallest absolute Gasteiger partial charge is 0.134 e. The molecule has 0 saturated carbocycles. The van der Waals surface area contributed by atoms with Gasteiger partial charge in [0.15, 0.2) is 0 Å². The maximum Gasteiger partial charge on any atom is 0.134 e. The van der Waals surface area contributed by atoms with Gasteiger partial charge in [-0.15, -0.1) is 10.2 Å². The minimum Gasteiger partial charge on any atom is -0.314 e. The summed E-state index contributed by atoms with van der Waals surface area (Å²) in [6, 6.07) is 19.5. The molecule has 4 nitrogen and oxygen atoms in total. The first-order valence-electron chi connectivity index (χ1n) is 9.51. The zero-order chi connectivity index (χ0) is 17.8. The monoisotopic (exact) mass is 346 g/mol. The molecule has 4 heteroatoms. The number of hydrogen-bond acceptors (Lipinski definition) is 3. The summed E-state index contributed by atoms with van der Waals surface area (Å²) < 4.78 is 2.35. The van der Waals surface area contributed by atoms with Crippen molar-refractivity contribution >= 4 is 0 Å². The molecule has 0 fully saturated rings. The standard InChI is InChI=1S/C22H26N4/c1-18-7-9-20(10-8-18)17-25-14-13-22-24-23-21(26(22)16-15-25)12-11-19-5-3-2-4-6-19/h2-10H,11-17H2,1H3. The molecule has 0 unspecified atom stereocenters. The van der Waals surface area contributed by atoms with E-state index in [9.17, 15) is 0 Å². The average molecular weight is 346 g/mol. The fraction of sp³-hybridized carbons (Fsp3) is 0.364. The van der Waals surface area contributed by atoms with Crippen molar-refractivity contribution in [3.05, 3.63) is 82.9 Å². The zero-order valence-electron chi connectivity index (χ0n) is 15.4. The van der Waals surface area contributed by atoms with Crippen molar-refractivity contribution < 1.29 is 0 Å². The molecule has 2 aromatic carbocycles. The van der Waals surface area contributed by atoms with Crippen molar-refractivity contribution in [1.82, 2.24) is 19.7 Å². The largest absolute Gasteiger partial charge is 0.314 e. The fourth-order valence-electron chi connectivity index (χ4n) is 3.62. The summed E-state index contributed by atoms with van der Waals surface area (Å²) in [5.74, 6) is 2.26. The Balaban J connectivity index is 1.38. The van der Waals surface area contributed by atoms with Crippen LogP contribution in [0.3, 0.4) is 0 Å². The van der Waals surface area contributed by atoms with Gasteiger partial charge in [-0.25, -0.2) is 0 Å². The first-order valence-corrected chi connectivity index (χ1v) is 9.51. The highest BCUT2D eigenvalue weighted by Gasteiger charge is 2.18. The predicted octanol–water partition coefficient (Wildman–Crippen LogP) is 3.43. The molecule has 0 N–H and O–H groups in total. The first-order chi connectivity index (χ1) is 12.8. The maximum atomic E-state index is 4.47. The second-order valence-corrected chi connectivity index (χ2v) is 7.18. The van der Waals surface area contributed by atoms with Crippen molar-refractivity contribution in [3.8, 4) is 0 Å². The van der Waals surface area contributed by atoms with Crippen molar-refractivity contribution in [2.24, 2.45) is 0 Å². The van der Waals surface area contributed by atoms with Gasteiger partial charge in [-0.05, 0) is 24.5 Å². The van der Waals surface area contributed by atoms with Crippen molar-refractivity contribution in [1.29, 1.82) is 0 Å². The molecule has 0 bridgehead atoms. The molecule has 26 heavy (non-hydrogen) atoms. The van der Waals surface area contributed by atoms with Crippen molar-refractivity contribution in [2.75, 3.05) is 13.1 Å². The highest BCUT2D eigenvalue weighted by Crippen LogP contribution is 2.14. The van der Waals surface area contributed by atoms with Crippen molar-refractivity contribution in [3.63, 3.8) is 0 Å². The highest BCUT2D eigenvalue weighted by molar-refractivity contribution is 5.21. The molecule has 4 rings (SSSR count). The van der Waals surface area contributed by atoms with E-state index < -0.39 is 0 Å². The van der Waals surface area contributed by atoms with Crippen LogP contribution >= 0.6 is 0 Å². The SMILES string of the molecule is Cc1ccc(CN2CCc3nnc(CCc4ccccc4)n3CC2)cc1. The van der Waals surface area contributed by atoms with Crippen LogP contribution in [0.2, 0.25) is 0 Å². The van der Waals surface area contributed by atoms with E-state index >= 15 is 0 Å². The molecular weight excluding hydrogens is 320 g/mol. The van der Waals surface area contributed by atoms with Crippen molar-refractivity contribution in [2.45, 2.75) is 39.3 Å². The Labute approximate surface area is 155 Å². The second-order valence-electron chi connectivity index (χ2n) is 7.18. The van der Waals surface area contributed by atoms with Gasteiger partial charge in [0.1, 0.15) is 11.6 Å². The highest BCUT2D eigenvalue weighted by atomic mass is 15.3. The minimum atomic E-state index is 0.953. The van der Waals surface area contributed by atoms with E-state index in [1.165, 1.54) is 16.7 Å². The van der Waals surface area contributed by atoms with Crippen LogP contribution in [0.25, 0.3) is 0 Å². The Morgan fingerprint density at radius 3 is 2.42 bits per heavy atom. The van der Waals surface area contributed by atoms with E-state index in [0.717, 1.165) is 57.1 Å². The van der Waals surface area contributed by atoms with Gasteiger partial charge >= 0.3 is 0 Å². The quantitative estimate of drug-likeness (QED) is 0.710. The molecule has 0 amide bonds. The van der Waals surface area contributed by atoms with E-state index in [-0.39, 0.29) is 0 Å². The Kier molecular flexibility index (Phi) is 5.12. The molecule has 0 spiro atoms.